The zero-order valence-electron chi connectivity index (χ0n) is 62.4. The summed E-state index contributed by atoms with van der Waals surface area (Å²) in [6, 6.07) is -13.7. The van der Waals surface area contributed by atoms with Gasteiger partial charge in [0.05, 0.1) is 44.1 Å². The number of Topliss-reactive ketones (excluding diaryl/α,β-unsaturated/α-hetero) is 1. The van der Waals surface area contributed by atoms with E-state index in [-0.39, 0.29) is 55.9 Å². The van der Waals surface area contributed by atoms with Crippen LogP contribution in [0.1, 0.15) is 126 Å². The summed E-state index contributed by atoms with van der Waals surface area (Å²) in [7, 11) is 0. The van der Waals surface area contributed by atoms with Gasteiger partial charge in [-0.25, -0.2) is 4.79 Å². The molecule has 0 aliphatic carbocycles. The van der Waals surface area contributed by atoms with Crippen LogP contribution in [0.25, 0.3) is 10.9 Å². The third kappa shape index (κ3) is 31.4. The van der Waals surface area contributed by atoms with E-state index >= 15 is 0 Å². The largest absolute Gasteiger partial charge is 0.481 e. The first-order valence-electron chi connectivity index (χ1n) is 35.1. The Hall–Kier alpha value is -9.51. The Kier molecular flexibility index (Phi) is 41.4. The predicted octanol–water partition coefficient (Wildman–Crippen LogP) is -5.21. The normalized spacial score (nSPS) is 16.0. The quantitative estimate of drug-likeness (QED) is 0.0275. The SMILES string of the molecule is CC[C@H](C)[C@H](NC(=O)[C@H](CO)NC(=O)[C@H](C)NC(=O)[C@H](CC(=O)O)NC(=O)[C@H](CC(C)C)NC(=O)[C@H](CO)NC(=O)[C@@H](N)[C@@H](C)O)C(=O)N[C@H](C(=O)N[C@@H](Cc1c[nH]c2ccccc12)C(=O)N[C@@H](C)C(=O)N[C@@H](CCSC)C(=O)N[C@@H](CCSC)C(=O)[C@@H](CCC(N)=O)C(=O)N[C@@H](CC(N)=O)C(=O)O)[C@@H](C)CC. The molecule has 0 spiro atoms. The third-order valence-electron chi connectivity index (χ3n) is 17.5. The fraction of sp³-hybridized carbons (Fsp3) is 0.632. The van der Waals surface area contributed by atoms with Crippen LogP contribution in [0.15, 0.2) is 30.5 Å². The molecule has 24 N–H and O–H groups in total. The van der Waals surface area contributed by atoms with Crippen LogP contribution < -0.4 is 81.0 Å². The number of carboxylic acids is 2. The van der Waals surface area contributed by atoms with Gasteiger partial charge in [0.25, 0.3) is 0 Å². The van der Waals surface area contributed by atoms with E-state index in [4.69, 9.17) is 17.2 Å². The summed E-state index contributed by atoms with van der Waals surface area (Å²) >= 11 is 2.56. The van der Waals surface area contributed by atoms with E-state index in [2.05, 4.69) is 68.8 Å². The number of ketones is 1. The van der Waals surface area contributed by atoms with E-state index in [1.807, 2.05) is 0 Å². The molecule has 17 atom stereocenters. The number of thioether (sulfide) groups is 2. The summed E-state index contributed by atoms with van der Waals surface area (Å²) < 4.78 is 0. The van der Waals surface area contributed by atoms with Crippen LogP contribution in [0.3, 0.4) is 0 Å². The molecule has 38 nitrogen and oxygen atoms in total. The molecule has 1 aromatic carbocycles. The van der Waals surface area contributed by atoms with Crippen LogP contribution >= 0.6 is 23.5 Å². The number of nitrogens with one attached hydrogen (secondary N) is 13. The molecule has 14 amide bonds. The zero-order chi connectivity index (χ0) is 82.0. The smallest absolute Gasteiger partial charge is 0.326 e. The van der Waals surface area contributed by atoms with Crippen molar-refractivity contribution in [3.05, 3.63) is 36.0 Å². The molecule has 0 bridgehead atoms. The first-order valence-corrected chi connectivity index (χ1v) is 37.9. The van der Waals surface area contributed by atoms with Crippen molar-refractivity contribution in [2.75, 3.05) is 37.2 Å². The molecule has 40 heteroatoms. The van der Waals surface area contributed by atoms with Crippen LogP contribution in [-0.4, -0.2) is 253 Å². The van der Waals surface area contributed by atoms with Crippen LogP contribution in [0.4, 0.5) is 0 Å². The number of fused-ring (bicyclic) bond motifs is 1. The number of aliphatic hydroxyl groups is 3. The van der Waals surface area contributed by atoms with Crippen LogP contribution in [0.2, 0.25) is 0 Å². The summed E-state index contributed by atoms with van der Waals surface area (Å²) in [5.41, 5.74) is 17.4. The minimum absolute atomic E-state index is 0.0471. The van der Waals surface area contributed by atoms with E-state index in [1.165, 1.54) is 37.4 Å². The number of carbonyl (C=O) groups is 17. The maximum atomic E-state index is 14.8. The minimum Gasteiger partial charge on any atom is -0.481 e. The molecule has 1 heterocycles. The molecule has 0 fully saturated rings. The molecule has 604 valence electrons. The number of rotatable bonds is 51. The van der Waals surface area contributed by atoms with Gasteiger partial charge in [0, 0.05) is 29.9 Å². The molecular weight excluding hydrogens is 1460 g/mol. The third-order valence-corrected chi connectivity index (χ3v) is 18.8. The Labute approximate surface area is 633 Å². The van der Waals surface area contributed by atoms with Crippen molar-refractivity contribution in [3.8, 4) is 0 Å². The van der Waals surface area contributed by atoms with Gasteiger partial charge in [0.2, 0.25) is 82.7 Å². The van der Waals surface area contributed by atoms with Crippen molar-refractivity contribution in [3.63, 3.8) is 0 Å². The van der Waals surface area contributed by atoms with Crippen molar-refractivity contribution in [1.29, 1.82) is 0 Å². The Balaban J connectivity index is 2.46. The summed E-state index contributed by atoms with van der Waals surface area (Å²) in [5.74, 6) is -21.7. The summed E-state index contributed by atoms with van der Waals surface area (Å²) in [5, 5.41) is 79.1. The number of para-hydroxylation sites is 1. The zero-order valence-corrected chi connectivity index (χ0v) is 64.0. The topological polar surface area (TPSA) is 630 Å². The summed E-state index contributed by atoms with van der Waals surface area (Å²) in [6.07, 6.45) is 0.702. The fourth-order valence-corrected chi connectivity index (χ4v) is 11.6. The highest BCUT2D eigenvalue weighted by Gasteiger charge is 2.41. The molecule has 0 saturated carbocycles. The molecule has 108 heavy (non-hydrogen) atoms. The van der Waals surface area contributed by atoms with E-state index in [0.717, 1.165) is 6.92 Å². The van der Waals surface area contributed by atoms with Crippen molar-refractivity contribution in [1.82, 2.24) is 68.8 Å². The molecule has 1 aromatic heterocycles. The number of amides is 14. The van der Waals surface area contributed by atoms with Crippen molar-refractivity contribution >= 4 is 135 Å². The second-order valence-corrected chi connectivity index (χ2v) is 28.6. The van der Waals surface area contributed by atoms with Gasteiger partial charge in [-0.1, -0.05) is 72.6 Å². The Bertz CT molecular complexity index is 3470. The highest BCUT2D eigenvalue weighted by molar-refractivity contribution is 7.98. The first-order chi connectivity index (χ1) is 50.7. The standard InChI is InChI=1S/C68H108N16O22S2/c1-12-32(5)53(84-67(104)54(33(6)13-2)83-64(101)48(30-86)81-57(94)35(8)74-61(98)45(27-51(90)91)78-62(99)43(24-31(3)4)77-63(100)47(29-85)82-65(102)52(71)36(9)87)66(103)79-44(25-37-28-72-40-17-15-14-16-38(37)40)60(97)73-34(7)56(93)76-42(21-23-108-11)59(96)75-41(20-22-107-10)55(92)39(18-19-49(69)88)58(95)80-46(68(105)106)26-50(70)89/h14-17,28,31-36,39,41-48,52-54,72,85-87H,12-13,18-27,29-30,71H2,1-11H3,(H2,69,88)(H2,70,89)(H,73,97)(H,74,98)(H,75,96)(H,76,93)(H,77,100)(H,78,99)(H,79,103)(H,80,95)(H,81,94)(H,82,102)(H,83,101)(H,84,104)(H,90,91)(H,105,106)/t32-,33-,34-,35-,36+,39+,41-,42-,43-,44-,45-,46-,47-,48-,52-,53-,54-/m0/s1. The number of hydrogen-bond donors (Lipinski definition) is 21. The maximum absolute atomic E-state index is 14.8. The highest BCUT2D eigenvalue weighted by atomic mass is 32.2. The number of H-pyrrole nitrogens is 1. The van der Waals surface area contributed by atoms with E-state index in [0.29, 0.717) is 16.5 Å². The molecule has 0 unspecified atom stereocenters. The van der Waals surface area contributed by atoms with Crippen LogP contribution in [0.5, 0.6) is 0 Å². The first kappa shape index (κ1) is 94.6. The van der Waals surface area contributed by atoms with Gasteiger partial charge < -0.3 is 112 Å². The van der Waals surface area contributed by atoms with Gasteiger partial charge in [-0.15, -0.1) is 0 Å². The van der Waals surface area contributed by atoms with E-state index in [9.17, 15) is 107 Å². The highest BCUT2D eigenvalue weighted by Crippen LogP contribution is 2.22. The molecule has 0 aliphatic rings. The summed E-state index contributed by atoms with van der Waals surface area (Å²) in [6.45, 7) is 11.4. The number of aromatic amines is 1. The molecular formula is C68H108N16O22S2. The van der Waals surface area contributed by atoms with Crippen molar-refractivity contribution in [2.45, 2.75) is 211 Å². The second-order valence-electron chi connectivity index (χ2n) is 26.6. The number of carbonyl (C=O) groups excluding carboxylic acids is 15. The van der Waals surface area contributed by atoms with Crippen molar-refractivity contribution in [2.24, 2.45) is 40.9 Å². The van der Waals surface area contributed by atoms with Crippen molar-refractivity contribution < 1.29 is 107 Å². The molecule has 0 aliphatic heterocycles. The number of hydrogen-bond acceptors (Lipinski definition) is 23. The fourth-order valence-electron chi connectivity index (χ4n) is 10.7. The number of primary amides is 2. The van der Waals surface area contributed by atoms with Gasteiger partial charge in [-0.3, -0.25) is 76.7 Å². The number of aliphatic carboxylic acids is 2. The lowest BCUT2D eigenvalue weighted by atomic mass is 9.90. The van der Waals surface area contributed by atoms with Gasteiger partial charge >= 0.3 is 11.9 Å². The number of nitrogens with two attached hydrogens (primary N) is 3. The Morgan fingerprint density at radius 1 is 0.472 bits per heavy atom. The second kappa shape index (κ2) is 47.3. The minimum atomic E-state index is -1.91. The number of aliphatic hydroxyl groups excluding tert-OH is 3. The molecule has 2 aromatic rings. The van der Waals surface area contributed by atoms with Crippen LogP contribution in [0, 0.1) is 23.7 Å². The lowest BCUT2D eigenvalue weighted by Crippen LogP contribution is -2.62. The number of carboxylic acid groups (broad SMARTS) is 2. The van der Waals surface area contributed by atoms with Gasteiger partial charge in [-0.2, -0.15) is 23.5 Å². The van der Waals surface area contributed by atoms with Gasteiger partial charge in [0.1, 0.15) is 72.5 Å². The van der Waals surface area contributed by atoms with Gasteiger partial charge in [-0.05, 0) is 99.9 Å². The monoisotopic (exact) mass is 1560 g/mol. The predicted molar refractivity (Wildman–Crippen MR) is 395 cm³/mol. The van der Waals surface area contributed by atoms with E-state index in [1.54, 1.807) is 84.5 Å². The Morgan fingerprint density at radius 2 is 0.898 bits per heavy atom. The summed E-state index contributed by atoms with van der Waals surface area (Å²) in [4.78, 5) is 232. The number of aromatic nitrogens is 1. The lowest BCUT2D eigenvalue weighted by molar-refractivity contribution is -0.145. The average Bonchev–Trinajstić information content (AvgIpc) is 1.66. The maximum Gasteiger partial charge on any atom is 0.326 e. The average molecular weight is 1570 g/mol. The molecule has 0 radical (unpaired) electrons. The molecule has 2 rings (SSSR count). The number of benzene rings is 1. The van der Waals surface area contributed by atoms with Crippen LogP contribution in [-0.2, 0) is 87.9 Å². The van der Waals surface area contributed by atoms with Gasteiger partial charge in [0.15, 0.2) is 5.78 Å². The molecule has 0 saturated heterocycles. The van der Waals surface area contributed by atoms with E-state index < -0.39 is 242 Å². The lowest BCUT2D eigenvalue weighted by Gasteiger charge is -2.31. The Morgan fingerprint density at radius 3 is 1.39 bits per heavy atom.